The Morgan fingerprint density at radius 3 is 2.53 bits per heavy atom. The number of benzene rings is 3. The summed E-state index contributed by atoms with van der Waals surface area (Å²) in [4.78, 5) is 24.6. The lowest BCUT2D eigenvalue weighted by molar-refractivity contribution is -0.117. The van der Waals surface area contributed by atoms with E-state index in [1.807, 2.05) is 0 Å². The van der Waals surface area contributed by atoms with Crippen molar-refractivity contribution in [2.75, 3.05) is 5.32 Å². The number of aromatic nitrogens is 1. The summed E-state index contributed by atoms with van der Waals surface area (Å²) in [5, 5.41) is 2.58. The molecule has 4 aromatic rings. The largest absolute Gasteiger partial charge is 0.419 e. The minimum absolute atomic E-state index is 0.0584. The molecular weight excluding hydrogens is 461 g/mol. The lowest BCUT2D eigenvalue weighted by atomic mass is 10.1. The molecule has 2 N–H and O–H groups in total. The smallest absolute Gasteiger partial charge is 0.408 e. The van der Waals surface area contributed by atoms with E-state index in [9.17, 15) is 22.4 Å². The summed E-state index contributed by atoms with van der Waals surface area (Å²) in [6.45, 7) is 1.60. The minimum atomic E-state index is -4.18. The van der Waals surface area contributed by atoms with Crippen molar-refractivity contribution in [3.8, 4) is 0 Å². The molecule has 0 unspecified atom stereocenters. The molecule has 10 heteroatoms. The van der Waals surface area contributed by atoms with Gasteiger partial charge in [-0.25, -0.2) is 17.6 Å². The number of hydrogen-bond donors (Lipinski definition) is 2. The van der Waals surface area contributed by atoms with E-state index >= 15 is 0 Å². The first kappa shape index (κ1) is 23.4. The molecular formula is C24H22FN3O5S. The van der Waals surface area contributed by atoms with Crippen LogP contribution in [0.3, 0.4) is 0 Å². The molecule has 0 spiro atoms. The molecule has 8 nitrogen and oxygen atoms in total. The predicted octanol–water partition coefficient (Wildman–Crippen LogP) is 3.11. The lowest BCUT2D eigenvalue weighted by Crippen LogP contribution is -2.45. The van der Waals surface area contributed by atoms with Gasteiger partial charge in [0.25, 0.3) is 0 Å². The molecule has 3 aromatic carbocycles. The summed E-state index contributed by atoms with van der Waals surface area (Å²) in [6, 6.07) is 15.9. The van der Waals surface area contributed by atoms with Crippen LogP contribution in [0.2, 0.25) is 0 Å². The molecule has 0 radical (unpaired) electrons. The Kier molecular flexibility index (Phi) is 6.36. The number of aryl methyl sites for hydroxylation is 2. The van der Waals surface area contributed by atoms with Gasteiger partial charge in [-0.15, -0.1) is 0 Å². The standard InChI is InChI=1S/C24H22FN3O5S/c1-15-8-9-17(13-19(15)25)26-23(29)20(12-16-6-4-3-5-7-16)27-34(31,32)18-10-11-21-22(14-18)33-24(30)28(21)2/h3-11,13-14,20,27H,12H2,1-2H3,(H,26,29)/t20-/m1/s1. The number of hydrogen-bond acceptors (Lipinski definition) is 5. The number of carbonyl (C=O) groups is 1. The normalized spacial score (nSPS) is 12.6. The molecule has 1 aromatic heterocycles. The second-order valence-electron chi connectivity index (χ2n) is 7.87. The van der Waals surface area contributed by atoms with Crippen molar-refractivity contribution in [1.29, 1.82) is 0 Å². The van der Waals surface area contributed by atoms with E-state index in [-0.39, 0.29) is 22.6 Å². The van der Waals surface area contributed by atoms with Crippen LogP contribution in [0.5, 0.6) is 0 Å². The van der Waals surface area contributed by atoms with E-state index < -0.39 is 33.5 Å². The fraction of sp³-hybridized carbons (Fsp3) is 0.167. The van der Waals surface area contributed by atoms with Crippen molar-refractivity contribution in [1.82, 2.24) is 9.29 Å². The summed E-state index contributed by atoms with van der Waals surface area (Å²) in [5.41, 5.74) is 1.89. The van der Waals surface area contributed by atoms with Crippen LogP contribution in [0, 0.1) is 12.7 Å². The number of halogens is 1. The predicted molar refractivity (Wildman–Crippen MR) is 125 cm³/mol. The maximum Gasteiger partial charge on any atom is 0.419 e. The van der Waals surface area contributed by atoms with Crippen LogP contribution >= 0.6 is 0 Å². The van der Waals surface area contributed by atoms with E-state index in [1.54, 1.807) is 37.3 Å². The van der Waals surface area contributed by atoms with Gasteiger partial charge in [0.2, 0.25) is 15.9 Å². The van der Waals surface area contributed by atoms with E-state index in [1.165, 1.54) is 48.0 Å². The van der Waals surface area contributed by atoms with Crippen LogP contribution in [0.15, 0.2) is 80.8 Å². The van der Waals surface area contributed by atoms with Gasteiger partial charge in [-0.05, 0) is 48.7 Å². The maximum atomic E-state index is 13.9. The highest BCUT2D eigenvalue weighted by Crippen LogP contribution is 2.20. The fourth-order valence-electron chi connectivity index (χ4n) is 3.47. The molecule has 1 heterocycles. The van der Waals surface area contributed by atoms with Crippen LogP contribution in [-0.2, 0) is 28.3 Å². The second-order valence-corrected chi connectivity index (χ2v) is 9.59. The van der Waals surface area contributed by atoms with Crippen LogP contribution < -0.4 is 15.8 Å². The average Bonchev–Trinajstić information content (AvgIpc) is 3.09. The van der Waals surface area contributed by atoms with Crippen molar-refractivity contribution < 1.29 is 22.0 Å². The molecule has 34 heavy (non-hydrogen) atoms. The van der Waals surface area contributed by atoms with Gasteiger partial charge in [0, 0.05) is 18.8 Å². The molecule has 1 atom stereocenters. The first-order valence-electron chi connectivity index (χ1n) is 10.4. The van der Waals surface area contributed by atoms with Gasteiger partial charge in [-0.3, -0.25) is 9.36 Å². The van der Waals surface area contributed by atoms with Crippen molar-refractivity contribution >= 4 is 32.7 Å². The van der Waals surface area contributed by atoms with Crippen LogP contribution in [0.4, 0.5) is 10.1 Å². The Balaban J connectivity index is 1.64. The maximum absolute atomic E-state index is 13.9. The number of sulfonamides is 1. The van der Waals surface area contributed by atoms with Gasteiger partial charge in [0.1, 0.15) is 11.9 Å². The Labute approximate surface area is 195 Å². The zero-order chi connectivity index (χ0) is 24.5. The van der Waals surface area contributed by atoms with Gasteiger partial charge in [-0.2, -0.15) is 4.72 Å². The Hall–Kier alpha value is -3.76. The number of fused-ring (bicyclic) bond motifs is 1. The van der Waals surface area contributed by atoms with Gasteiger partial charge >= 0.3 is 5.76 Å². The number of rotatable bonds is 7. The lowest BCUT2D eigenvalue weighted by Gasteiger charge is -2.19. The SMILES string of the molecule is Cc1ccc(NC(=O)[C@@H](Cc2ccccc2)NS(=O)(=O)c2ccc3c(c2)oc(=O)n3C)cc1F. The molecule has 0 aliphatic rings. The molecule has 176 valence electrons. The van der Waals surface area contributed by atoms with Crippen LogP contribution in [-0.4, -0.2) is 24.9 Å². The molecule has 4 rings (SSSR count). The number of nitrogens with zero attached hydrogens (tertiary/aromatic N) is 1. The molecule has 0 aliphatic carbocycles. The third-order valence-electron chi connectivity index (χ3n) is 5.41. The average molecular weight is 484 g/mol. The second kappa shape index (κ2) is 9.24. The van der Waals surface area contributed by atoms with Crippen molar-refractivity contribution in [2.24, 2.45) is 7.05 Å². The van der Waals surface area contributed by atoms with Crippen LogP contribution in [0.1, 0.15) is 11.1 Å². The zero-order valence-corrected chi connectivity index (χ0v) is 19.2. The molecule has 0 bridgehead atoms. The van der Waals surface area contributed by atoms with E-state index in [2.05, 4.69) is 10.0 Å². The van der Waals surface area contributed by atoms with Gasteiger partial charge in [0.15, 0.2) is 5.58 Å². The quantitative estimate of drug-likeness (QED) is 0.420. The molecule has 0 saturated carbocycles. The Morgan fingerprint density at radius 1 is 1.09 bits per heavy atom. The third kappa shape index (κ3) is 4.92. The van der Waals surface area contributed by atoms with Crippen molar-refractivity contribution in [3.63, 3.8) is 0 Å². The topological polar surface area (TPSA) is 110 Å². The monoisotopic (exact) mass is 483 g/mol. The molecule has 1 amide bonds. The van der Waals surface area contributed by atoms with Crippen molar-refractivity contribution in [3.05, 3.63) is 94.2 Å². The van der Waals surface area contributed by atoms with Gasteiger partial charge in [0.05, 0.1) is 10.4 Å². The van der Waals surface area contributed by atoms with E-state index in [0.717, 1.165) is 5.56 Å². The number of anilines is 1. The summed E-state index contributed by atoms with van der Waals surface area (Å²) in [5.74, 6) is -1.76. The number of nitrogens with one attached hydrogen (secondary N) is 2. The highest BCUT2D eigenvalue weighted by Gasteiger charge is 2.27. The Bertz CT molecular complexity index is 1530. The molecule has 0 aliphatic heterocycles. The highest BCUT2D eigenvalue weighted by atomic mass is 32.2. The summed E-state index contributed by atoms with van der Waals surface area (Å²) < 4.78 is 49.0. The molecule has 0 saturated heterocycles. The van der Waals surface area contributed by atoms with Gasteiger partial charge < -0.3 is 9.73 Å². The fourth-order valence-corrected chi connectivity index (χ4v) is 4.68. The van der Waals surface area contributed by atoms with Gasteiger partial charge in [-0.1, -0.05) is 36.4 Å². The third-order valence-corrected chi connectivity index (χ3v) is 6.88. The molecule has 0 fully saturated rings. The Morgan fingerprint density at radius 2 is 1.82 bits per heavy atom. The number of amides is 1. The van der Waals surface area contributed by atoms with E-state index in [0.29, 0.717) is 11.1 Å². The van der Waals surface area contributed by atoms with E-state index in [4.69, 9.17) is 4.42 Å². The number of carbonyl (C=O) groups excluding carboxylic acids is 1. The summed E-state index contributed by atoms with van der Waals surface area (Å²) in [7, 11) is -2.67. The highest BCUT2D eigenvalue weighted by molar-refractivity contribution is 7.89. The van der Waals surface area contributed by atoms with Crippen LogP contribution in [0.25, 0.3) is 11.1 Å². The minimum Gasteiger partial charge on any atom is -0.408 e. The zero-order valence-electron chi connectivity index (χ0n) is 18.4. The first-order valence-corrected chi connectivity index (χ1v) is 11.9. The first-order chi connectivity index (χ1) is 16.1. The summed E-state index contributed by atoms with van der Waals surface area (Å²) >= 11 is 0. The van der Waals surface area contributed by atoms with Crippen molar-refractivity contribution in [2.45, 2.75) is 24.3 Å². The summed E-state index contributed by atoms with van der Waals surface area (Å²) in [6.07, 6.45) is 0.0584. The number of oxazole rings is 1.